The monoisotopic (exact) mass is 478 g/mol. The van der Waals surface area contributed by atoms with Crippen LogP contribution in [0.25, 0.3) is 0 Å². The van der Waals surface area contributed by atoms with Crippen molar-refractivity contribution in [1.29, 1.82) is 0 Å². The fraction of sp³-hybridized carbons (Fsp3) is 0.381. The van der Waals surface area contributed by atoms with Crippen LogP contribution in [0.2, 0.25) is 0 Å². The Hall–Kier alpha value is -3.90. The molecule has 4 amide bonds. The van der Waals surface area contributed by atoms with Crippen LogP contribution < -0.4 is 10.7 Å². The van der Waals surface area contributed by atoms with E-state index in [0.29, 0.717) is 36.6 Å². The summed E-state index contributed by atoms with van der Waals surface area (Å²) in [6.07, 6.45) is 2.38. The molecule has 180 valence electrons. The van der Waals surface area contributed by atoms with Gasteiger partial charge in [0.25, 0.3) is 0 Å². The van der Waals surface area contributed by atoms with Crippen molar-refractivity contribution in [3.8, 4) is 0 Å². The van der Waals surface area contributed by atoms with Crippen LogP contribution in [-0.2, 0) is 4.79 Å². The Balaban J connectivity index is 1.34. The van der Waals surface area contributed by atoms with Crippen LogP contribution >= 0.6 is 0 Å². The molecule has 0 unspecified atom stereocenters. The first-order valence-electron chi connectivity index (χ1n) is 10.5. The Morgan fingerprint density at radius 1 is 1.15 bits per heavy atom. The van der Waals surface area contributed by atoms with Crippen LogP contribution in [0.1, 0.15) is 13.3 Å². The van der Waals surface area contributed by atoms with Crippen LogP contribution in [0.3, 0.4) is 0 Å². The standard InChI is InChI=1S/C21H21F3N6O4/c1-11-6-30-16(7-28(11)19(32)26-12-2-13(22)18(24)14(23)3-12)15(5-25-30)29-10-21(4-17(29)31)8-27(9-21)20(33)34/h2-3,5,7,11,25H,4,6,8-10H2,1H3,(H,26,32)(H,33,34)/t11-/m0/s1. The molecular weight excluding hydrogens is 457 g/mol. The van der Waals surface area contributed by atoms with Crippen LogP contribution in [0.5, 0.6) is 0 Å². The number of fused-ring (bicyclic) bond motifs is 1. The van der Waals surface area contributed by atoms with E-state index < -0.39 is 35.0 Å². The molecule has 34 heavy (non-hydrogen) atoms. The summed E-state index contributed by atoms with van der Waals surface area (Å²) in [6.45, 7) is 3.04. The van der Waals surface area contributed by atoms with Gasteiger partial charge in [-0.3, -0.25) is 14.7 Å². The van der Waals surface area contributed by atoms with Gasteiger partial charge in [-0.25, -0.2) is 22.8 Å². The summed E-state index contributed by atoms with van der Waals surface area (Å²) in [6, 6.07) is 0.342. The van der Waals surface area contributed by atoms with Crippen molar-refractivity contribution in [2.45, 2.75) is 19.4 Å². The normalized spacial score (nSPS) is 22.8. The molecule has 0 aliphatic carbocycles. The molecule has 1 atom stereocenters. The van der Waals surface area contributed by atoms with Crippen molar-refractivity contribution in [1.82, 2.24) is 25.1 Å². The van der Waals surface area contributed by atoms with Gasteiger partial charge >= 0.3 is 12.1 Å². The Morgan fingerprint density at radius 2 is 1.82 bits per heavy atom. The highest BCUT2D eigenvalue weighted by atomic mass is 19.2. The number of urea groups is 1. The van der Waals surface area contributed by atoms with E-state index in [9.17, 15) is 27.6 Å². The molecular formula is C21H21F3N6O4. The third-order valence-corrected chi connectivity index (χ3v) is 6.50. The lowest BCUT2D eigenvalue weighted by Crippen LogP contribution is -2.59. The number of hydrogen-bond acceptors (Lipinski definition) is 5. The number of hydrogen-bond donors (Lipinski definition) is 3. The summed E-state index contributed by atoms with van der Waals surface area (Å²) in [5.41, 5.74) is 3.48. The third kappa shape index (κ3) is 3.47. The first-order chi connectivity index (χ1) is 16.1. The van der Waals surface area contributed by atoms with Crippen molar-refractivity contribution in [3.05, 3.63) is 53.4 Å². The molecule has 13 heteroatoms. The summed E-state index contributed by atoms with van der Waals surface area (Å²) >= 11 is 0. The SMILES string of the molecule is C[C@H]1CN2NC=C(N3CC4(CC3=O)CN(C(=O)O)C4)C2=CN1C(=O)Nc1cc(F)c(F)c(F)c1. The maximum Gasteiger partial charge on any atom is 0.407 e. The number of rotatable bonds is 2. The minimum Gasteiger partial charge on any atom is -0.465 e. The second kappa shape index (κ2) is 7.57. The number of halogens is 3. The molecule has 0 bridgehead atoms. The third-order valence-electron chi connectivity index (χ3n) is 6.50. The van der Waals surface area contributed by atoms with Gasteiger partial charge in [-0.15, -0.1) is 0 Å². The second-order valence-electron chi connectivity index (χ2n) is 9.02. The number of carbonyl (C=O) groups excluding carboxylic acids is 2. The first-order valence-corrected chi connectivity index (χ1v) is 10.5. The van der Waals surface area contributed by atoms with Gasteiger partial charge in [0.15, 0.2) is 17.5 Å². The van der Waals surface area contributed by atoms with Crippen molar-refractivity contribution in [2.24, 2.45) is 5.41 Å². The van der Waals surface area contributed by atoms with Gasteiger partial charge in [-0.1, -0.05) is 0 Å². The highest BCUT2D eigenvalue weighted by molar-refractivity contribution is 5.90. The van der Waals surface area contributed by atoms with Gasteiger partial charge in [-0.2, -0.15) is 0 Å². The Kier molecular flexibility index (Phi) is 4.88. The molecule has 1 aromatic rings. The summed E-state index contributed by atoms with van der Waals surface area (Å²) in [4.78, 5) is 40.9. The molecule has 2 fully saturated rings. The van der Waals surface area contributed by atoms with E-state index in [-0.39, 0.29) is 37.1 Å². The number of carboxylic acid groups (broad SMARTS) is 1. The molecule has 0 aromatic heterocycles. The molecule has 2 saturated heterocycles. The smallest absolute Gasteiger partial charge is 0.407 e. The minimum absolute atomic E-state index is 0.146. The maximum absolute atomic E-state index is 13.5. The number of nitrogens with zero attached hydrogens (tertiary/aromatic N) is 4. The minimum atomic E-state index is -1.63. The molecule has 10 nitrogen and oxygen atoms in total. The fourth-order valence-corrected chi connectivity index (χ4v) is 4.84. The van der Waals surface area contributed by atoms with E-state index in [1.165, 1.54) is 16.0 Å². The topological polar surface area (TPSA) is 108 Å². The first kappa shape index (κ1) is 21.9. The van der Waals surface area contributed by atoms with Crippen LogP contribution in [-0.4, -0.2) is 75.1 Å². The maximum atomic E-state index is 13.5. The summed E-state index contributed by atoms with van der Waals surface area (Å²) < 4.78 is 40.3. The van der Waals surface area contributed by atoms with Crippen molar-refractivity contribution in [3.63, 3.8) is 0 Å². The average molecular weight is 478 g/mol. The lowest BCUT2D eigenvalue weighted by atomic mass is 9.79. The van der Waals surface area contributed by atoms with E-state index in [1.54, 1.807) is 23.0 Å². The number of nitrogens with one attached hydrogen (secondary N) is 2. The number of hydrazine groups is 1. The number of amides is 4. The van der Waals surface area contributed by atoms with Crippen molar-refractivity contribution in [2.75, 3.05) is 31.5 Å². The van der Waals surface area contributed by atoms with E-state index in [4.69, 9.17) is 5.11 Å². The molecule has 1 spiro atoms. The molecule has 0 saturated carbocycles. The van der Waals surface area contributed by atoms with Gasteiger partial charge in [0.1, 0.15) is 0 Å². The summed E-state index contributed by atoms with van der Waals surface area (Å²) in [5.74, 6) is -4.61. The van der Waals surface area contributed by atoms with Gasteiger partial charge < -0.3 is 25.6 Å². The van der Waals surface area contributed by atoms with E-state index in [1.807, 2.05) is 0 Å². The van der Waals surface area contributed by atoms with E-state index in [0.717, 1.165) is 0 Å². The molecule has 5 rings (SSSR count). The zero-order valence-electron chi connectivity index (χ0n) is 18.0. The summed E-state index contributed by atoms with van der Waals surface area (Å²) in [5, 5.41) is 13.3. The van der Waals surface area contributed by atoms with E-state index in [2.05, 4.69) is 10.7 Å². The Bertz CT molecular complexity index is 1140. The number of likely N-dealkylation sites (tertiary alicyclic amines) is 2. The molecule has 0 radical (unpaired) electrons. The number of carbonyl (C=O) groups is 3. The van der Waals surface area contributed by atoms with E-state index >= 15 is 0 Å². The highest BCUT2D eigenvalue weighted by Crippen LogP contribution is 2.43. The molecule has 4 heterocycles. The van der Waals surface area contributed by atoms with Gasteiger partial charge in [0, 0.05) is 61.7 Å². The zero-order valence-corrected chi connectivity index (χ0v) is 18.0. The summed E-state index contributed by atoms with van der Waals surface area (Å²) in [7, 11) is 0. The van der Waals surface area contributed by atoms with Gasteiger partial charge in [0.05, 0.1) is 24.0 Å². The van der Waals surface area contributed by atoms with Crippen LogP contribution in [0, 0.1) is 22.9 Å². The van der Waals surface area contributed by atoms with Gasteiger partial charge in [0.2, 0.25) is 5.91 Å². The molecule has 4 aliphatic rings. The van der Waals surface area contributed by atoms with Crippen molar-refractivity contribution >= 4 is 23.7 Å². The predicted octanol–water partition coefficient (Wildman–Crippen LogP) is 2.06. The lowest BCUT2D eigenvalue weighted by molar-refractivity contribution is -0.126. The largest absolute Gasteiger partial charge is 0.465 e. The van der Waals surface area contributed by atoms with Crippen molar-refractivity contribution < 1.29 is 32.7 Å². The number of anilines is 1. The Labute approximate surface area is 191 Å². The predicted molar refractivity (Wildman–Crippen MR) is 111 cm³/mol. The average Bonchev–Trinajstić information content (AvgIpc) is 3.30. The molecule has 3 N–H and O–H groups in total. The quantitative estimate of drug-likeness (QED) is 0.562. The fourth-order valence-electron chi connectivity index (χ4n) is 4.84. The van der Waals surface area contributed by atoms with Crippen LogP contribution in [0.4, 0.5) is 28.4 Å². The Morgan fingerprint density at radius 3 is 2.47 bits per heavy atom. The van der Waals surface area contributed by atoms with Gasteiger partial charge in [-0.05, 0) is 6.92 Å². The molecule has 4 aliphatic heterocycles. The number of benzene rings is 1. The second-order valence-corrected chi connectivity index (χ2v) is 9.02. The van der Waals surface area contributed by atoms with Crippen LogP contribution in [0.15, 0.2) is 35.9 Å². The zero-order chi connectivity index (χ0) is 24.4. The highest BCUT2D eigenvalue weighted by Gasteiger charge is 2.54. The molecule has 1 aromatic carbocycles. The lowest BCUT2D eigenvalue weighted by Gasteiger charge is -2.45.